The fourth-order valence-electron chi connectivity index (χ4n) is 2.57. The van der Waals surface area contributed by atoms with Crippen molar-refractivity contribution in [3.63, 3.8) is 0 Å². The first-order valence-electron chi connectivity index (χ1n) is 8.55. The number of hydrogen-bond acceptors (Lipinski definition) is 7. The van der Waals surface area contributed by atoms with Gasteiger partial charge in [0.05, 0.1) is 0 Å². The molecule has 1 aromatic heterocycles. The molecule has 0 radical (unpaired) electrons. The lowest BCUT2D eigenvalue weighted by atomic mass is 10.2. The molecule has 2 aromatic carbocycles. The van der Waals surface area contributed by atoms with Crippen LogP contribution in [0.2, 0.25) is 0 Å². The third-order valence-corrected chi connectivity index (χ3v) is 5.56. The summed E-state index contributed by atoms with van der Waals surface area (Å²) >= 11 is 4.97. The summed E-state index contributed by atoms with van der Waals surface area (Å²) in [6, 6.07) is 9.63. The lowest BCUT2D eigenvalue weighted by Gasteiger charge is -2.19. The zero-order chi connectivity index (χ0) is 19.5. The van der Waals surface area contributed by atoms with Gasteiger partial charge in [-0.2, -0.15) is 0 Å². The minimum absolute atomic E-state index is 0.318. The summed E-state index contributed by atoms with van der Waals surface area (Å²) in [5.74, 6) is 2.65. The second kappa shape index (κ2) is 8.40. The molecule has 0 spiro atoms. The van der Waals surface area contributed by atoms with Gasteiger partial charge in [-0.1, -0.05) is 27.7 Å². The normalized spacial score (nSPS) is 14.0. The average Bonchev–Trinajstić information content (AvgIpc) is 3.17. The number of aromatic nitrogens is 2. The lowest BCUT2D eigenvalue weighted by Crippen LogP contribution is -2.15. The number of nitrogens with zero attached hydrogens (tertiary/aromatic N) is 2. The van der Waals surface area contributed by atoms with E-state index in [0.29, 0.717) is 35.8 Å². The van der Waals surface area contributed by atoms with Crippen molar-refractivity contribution in [3.8, 4) is 17.2 Å². The maximum Gasteiger partial charge on any atom is 0.277 e. The molecule has 1 unspecified atom stereocenters. The van der Waals surface area contributed by atoms with Crippen LogP contribution >= 0.6 is 27.7 Å². The largest absolute Gasteiger partial charge is 0.486 e. The number of fused-ring (bicyclic) bond motifs is 1. The fraction of sp³-hybridized carbons (Fsp3) is 0.263. The van der Waals surface area contributed by atoms with Gasteiger partial charge in [0.25, 0.3) is 11.1 Å². The first-order chi connectivity index (χ1) is 13.6. The summed E-state index contributed by atoms with van der Waals surface area (Å²) in [6.07, 6.45) is -0.451. The Morgan fingerprint density at radius 1 is 1.14 bits per heavy atom. The minimum atomic E-state index is -0.451. The van der Waals surface area contributed by atoms with Crippen molar-refractivity contribution in [2.45, 2.75) is 24.0 Å². The molecule has 0 N–H and O–H groups in total. The molecule has 1 aliphatic heterocycles. The van der Waals surface area contributed by atoms with Crippen LogP contribution in [0.3, 0.4) is 0 Å². The molecule has 0 saturated heterocycles. The van der Waals surface area contributed by atoms with E-state index in [1.807, 2.05) is 12.1 Å². The molecule has 9 heteroatoms. The molecule has 146 valence electrons. The smallest absolute Gasteiger partial charge is 0.277 e. The predicted molar refractivity (Wildman–Crippen MR) is 104 cm³/mol. The number of benzene rings is 2. The van der Waals surface area contributed by atoms with E-state index in [1.54, 1.807) is 19.1 Å². The van der Waals surface area contributed by atoms with Crippen LogP contribution in [0.25, 0.3) is 0 Å². The number of ether oxygens (including phenoxy) is 3. The van der Waals surface area contributed by atoms with Gasteiger partial charge in [-0.15, -0.1) is 10.2 Å². The van der Waals surface area contributed by atoms with Crippen molar-refractivity contribution < 1.29 is 23.0 Å². The van der Waals surface area contributed by atoms with Crippen LogP contribution in [0.1, 0.15) is 24.5 Å². The highest BCUT2D eigenvalue weighted by Gasteiger charge is 2.18. The zero-order valence-corrected chi connectivity index (χ0v) is 17.3. The number of rotatable bonds is 6. The van der Waals surface area contributed by atoms with Crippen LogP contribution in [-0.2, 0) is 5.75 Å². The summed E-state index contributed by atoms with van der Waals surface area (Å²) in [5.41, 5.74) is 1.03. The molecule has 1 atom stereocenters. The van der Waals surface area contributed by atoms with Gasteiger partial charge in [-0.3, -0.25) is 0 Å². The van der Waals surface area contributed by atoms with Gasteiger partial charge in [-0.25, -0.2) is 4.39 Å². The van der Waals surface area contributed by atoms with Crippen molar-refractivity contribution >= 4 is 27.7 Å². The maximum absolute atomic E-state index is 13.0. The molecule has 0 aliphatic carbocycles. The summed E-state index contributed by atoms with van der Waals surface area (Å²) in [7, 11) is 0. The van der Waals surface area contributed by atoms with Crippen molar-refractivity contribution in [2.75, 3.05) is 13.2 Å². The monoisotopic (exact) mass is 466 g/mol. The Bertz CT molecular complexity index is 967. The molecule has 0 saturated carbocycles. The van der Waals surface area contributed by atoms with Crippen molar-refractivity contribution in [1.82, 2.24) is 10.2 Å². The van der Waals surface area contributed by atoms with Crippen LogP contribution in [0.5, 0.6) is 17.2 Å². The topological polar surface area (TPSA) is 66.6 Å². The van der Waals surface area contributed by atoms with Crippen molar-refractivity contribution in [3.05, 3.63) is 58.1 Å². The first kappa shape index (κ1) is 19.1. The van der Waals surface area contributed by atoms with E-state index in [1.165, 1.54) is 23.9 Å². The van der Waals surface area contributed by atoms with Crippen LogP contribution in [0.15, 0.2) is 50.5 Å². The standard InChI is InChI=1S/C19H16BrFN2O4S/c1-11(26-14-4-2-13(21)3-5-14)18-22-23-19(27-18)28-10-12-8-16-17(9-15(12)20)25-7-6-24-16/h2-5,8-9,11H,6-7,10H2,1H3. The molecule has 28 heavy (non-hydrogen) atoms. The molecular formula is C19H16BrFN2O4S. The Balaban J connectivity index is 1.39. The Morgan fingerprint density at radius 3 is 2.61 bits per heavy atom. The van der Waals surface area contributed by atoms with Crippen molar-refractivity contribution in [1.29, 1.82) is 0 Å². The van der Waals surface area contributed by atoms with E-state index in [-0.39, 0.29) is 5.82 Å². The summed E-state index contributed by atoms with van der Waals surface area (Å²) < 4.78 is 36.5. The van der Waals surface area contributed by atoms with E-state index < -0.39 is 6.10 Å². The Kier molecular flexibility index (Phi) is 5.72. The van der Waals surface area contributed by atoms with Gasteiger partial charge >= 0.3 is 0 Å². The molecule has 2 heterocycles. The van der Waals surface area contributed by atoms with Crippen LogP contribution in [-0.4, -0.2) is 23.4 Å². The van der Waals surface area contributed by atoms with Gasteiger partial charge in [0.2, 0.25) is 0 Å². The highest BCUT2D eigenvalue weighted by molar-refractivity contribution is 9.10. The quantitative estimate of drug-likeness (QED) is 0.463. The SMILES string of the molecule is CC(Oc1ccc(F)cc1)c1nnc(SCc2cc3c(cc2Br)OCCO3)o1. The Morgan fingerprint density at radius 2 is 1.86 bits per heavy atom. The molecule has 0 amide bonds. The Labute approximate surface area is 173 Å². The van der Waals surface area contributed by atoms with E-state index in [9.17, 15) is 4.39 Å². The van der Waals surface area contributed by atoms with Crippen molar-refractivity contribution in [2.24, 2.45) is 0 Å². The van der Waals surface area contributed by atoms with Gasteiger partial charge in [0.1, 0.15) is 24.8 Å². The first-order valence-corrected chi connectivity index (χ1v) is 10.3. The second-order valence-electron chi connectivity index (χ2n) is 6.00. The molecule has 0 fully saturated rings. The van der Waals surface area contributed by atoms with Crippen LogP contribution < -0.4 is 14.2 Å². The van der Waals surface area contributed by atoms with E-state index in [0.717, 1.165) is 21.5 Å². The molecule has 4 rings (SSSR count). The van der Waals surface area contributed by atoms with E-state index >= 15 is 0 Å². The fourth-order valence-corrected chi connectivity index (χ4v) is 3.98. The van der Waals surface area contributed by atoms with Gasteiger partial charge in [0.15, 0.2) is 17.6 Å². The Hall–Kier alpha value is -2.26. The van der Waals surface area contributed by atoms with E-state index in [2.05, 4.69) is 26.1 Å². The predicted octanol–water partition coefficient (Wildman–Crippen LogP) is 5.17. The number of halogens is 2. The van der Waals surface area contributed by atoms with Crippen LogP contribution in [0, 0.1) is 5.82 Å². The van der Waals surface area contributed by atoms with Gasteiger partial charge in [0, 0.05) is 10.2 Å². The molecule has 3 aromatic rings. The average molecular weight is 467 g/mol. The molecule has 1 aliphatic rings. The highest BCUT2D eigenvalue weighted by atomic mass is 79.9. The minimum Gasteiger partial charge on any atom is -0.486 e. The summed E-state index contributed by atoms with van der Waals surface area (Å²) in [4.78, 5) is 0. The lowest BCUT2D eigenvalue weighted by molar-refractivity contribution is 0.171. The number of thioether (sulfide) groups is 1. The second-order valence-corrected chi connectivity index (χ2v) is 7.78. The third-order valence-electron chi connectivity index (χ3n) is 3.96. The summed E-state index contributed by atoms with van der Waals surface area (Å²) in [5, 5.41) is 8.54. The maximum atomic E-state index is 13.0. The number of hydrogen-bond donors (Lipinski definition) is 0. The van der Waals surface area contributed by atoms with Gasteiger partial charge in [-0.05, 0) is 48.9 Å². The highest BCUT2D eigenvalue weighted by Crippen LogP contribution is 2.37. The molecular weight excluding hydrogens is 451 g/mol. The molecule has 0 bridgehead atoms. The zero-order valence-electron chi connectivity index (χ0n) is 14.9. The summed E-state index contributed by atoms with van der Waals surface area (Å²) in [6.45, 7) is 2.89. The third kappa shape index (κ3) is 4.41. The van der Waals surface area contributed by atoms with Crippen LogP contribution in [0.4, 0.5) is 4.39 Å². The molecule has 6 nitrogen and oxygen atoms in total. The van der Waals surface area contributed by atoms with Gasteiger partial charge < -0.3 is 18.6 Å². The van der Waals surface area contributed by atoms with E-state index in [4.69, 9.17) is 18.6 Å².